The standard InChI is InChI=1S/C24H27N7O2/c1-16(32)26-19-7-9-20(10-8-19)27-22-15-21(28-24(25)29-22)17-3-5-18(6-4-17)23(33)31-13-11-30(2)12-14-31/h3-10,15H,11-14H2,1-2H3,(H,26,32)(H3,25,27,28,29). The molecule has 0 spiro atoms. The summed E-state index contributed by atoms with van der Waals surface area (Å²) in [7, 11) is 2.06. The lowest BCUT2D eigenvalue weighted by Crippen LogP contribution is -2.47. The van der Waals surface area contributed by atoms with Crippen LogP contribution in [0, 0.1) is 0 Å². The number of amides is 2. The smallest absolute Gasteiger partial charge is 0.253 e. The number of likely N-dealkylation sites (N-methyl/N-ethyl adjacent to an activating group) is 1. The second-order valence-corrected chi connectivity index (χ2v) is 8.05. The van der Waals surface area contributed by atoms with Crippen LogP contribution in [0.1, 0.15) is 17.3 Å². The molecule has 0 radical (unpaired) electrons. The summed E-state index contributed by atoms with van der Waals surface area (Å²) in [5.41, 5.74) is 9.59. The number of carbonyl (C=O) groups is 2. The molecule has 1 aromatic heterocycles. The van der Waals surface area contributed by atoms with Crippen LogP contribution in [0.5, 0.6) is 0 Å². The lowest BCUT2D eigenvalue weighted by atomic mass is 10.1. The average Bonchev–Trinajstić information content (AvgIpc) is 2.80. The van der Waals surface area contributed by atoms with Crippen molar-refractivity contribution in [3.63, 3.8) is 0 Å². The number of nitrogens with one attached hydrogen (secondary N) is 2. The molecule has 0 saturated carbocycles. The van der Waals surface area contributed by atoms with Gasteiger partial charge in [0.05, 0.1) is 5.69 Å². The van der Waals surface area contributed by atoms with E-state index in [1.165, 1.54) is 6.92 Å². The predicted octanol–water partition coefficient (Wildman–Crippen LogP) is 2.82. The van der Waals surface area contributed by atoms with E-state index in [2.05, 4.69) is 32.5 Å². The first-order valence-corrected chi connectivity index (χ1v) is 10.7. The third-order valence-corrected chi connectivity index (χ3v) is 5.44. The van der Waals surface area contributed by atoms with E-state index in [4.69, 9.17) is 5.73 Å². The fraction of sp³-hybridized carbons (Fsp3) is 0.250. The quantitative estimate of drug-likeness (QED) is 0.553. The van der Waals surface area contributed by atoms with Gasteiger partial charge in [0.1, 0.15) is 5.82 Å². The van der Waals surface area contributed by atoms with Gasteiger partial charge >= 0.3 is 0 Å². The number of carbonyl (C=O) groups excluding carboxylic acids is 2. The third kappa shape index (κ3) is 5.64. The molecule has 1 aliphatic heterocycles. The minimum Gasteiger partial charge on any atom is -0.368 e. The number of rotatable bonds is 5. The second kappa shape index (κ2) is 9.66. The normalized spacial score (nSPS) is 14.1. The molecule has 2 aromatic carbocycles. The Morgan fingerprint density at radius 1 is 0.909 bits per heavy atom. The number of hydrogen-bond acceptors (Lipinski definition) is 7. The molecule has 2 amide bonds. The molecule has 3 aromatic rings. The Labute approximate surface area is 192 Å². The molecule has 1 aliphatic rings. The Kier molecular flexibility index (Phi) is 6.50. The van der Waals surface area contributed by atoms with Crippen molar-refractivity contribution in [1.82, 2.24) is 19.8 Å². The van der Waals surface area contributed by atoms with Crippen LogP contribution in [0.15, 0.2) is 54.6 Å². The number of piperazine rings is 1. The summed E-state index contributed by atoms with van der Waals surface area (Å²) in [6, 6.07) is 16.5. The fourth-order valence-electron chi connectivity index (χ4n) is 3.64. The van der Waals surface area contributed by atoms with Crippen molar-refractivity contribution < 1.29 is 9.59 Å². The van der Waals surface area contributed by atoms with Crippen LogP contribution in [-0.2, 0) is 4.79 Å². The maximum atomic E-state index is 12.8. The van der Waals surface area contributed by atoms with Crippen molar-refractivity contribution in [3.05, 3.63) is 60.2 Å². The van der Waals surface area contributed by atoms with E-state index in [1.807, 2.05) is 41.3 Å². The SMILES string of the molecule is CC(=O)Nc1ccc(Nc2cc(-c3ccc(C(=O)N4CCN(C)CC4)cc3)nc(N)n2)cc1. The van der Waals surface area contributed by atoms with Gasteiger partial charge in [-0.1, -0.05) is 12.1 Å². The fourth-order valence-corrected chi connectivity index (χ4v) is 3.64. The molecule has 1 fully saturated rings. The molecule has 1 saturated heterocycles. The van der Waals surface area contributed by atoms with Gasteiger partial charge in [0, 0.05) is 61.7 Å². The maximum Gasteiger partial charge on any atom is 0.253 e. The van der Waals surface area contributed by atoms with E-state index in [0.717, 1.165) is 37.4 Å². The van der Waals surface area contributed by atoms with E-state index in [9.17, 15) is 9.59 Å². The van der Waals surface area contributed by atoms with Gasteiger partial charge < -0.3 is 26.2 Å². The summed E-state index contributed by atoms with van der Waals surface area (Å²) in [5.74, 6) is 0.604. The molecule has 33 heavy (non-hydrogen) atoms. The van der Waals surface area contributed by atoms with Gasteiger partial charge in [-0.05, 0) is 43.4 Å². The maximum absolute atomic E-state index is 12.8. The zero-order valence-corrected chi connectivity index (χ0v) is 18.7. The highest BCUT2D eigenvalue weighted by Crippen LogP contribution is 2.24. The summed E-state index contributed by atoms with van der Waals surface area (Å²) >= 11 is 0. The van der Waals surface area contributed by atoms with E-state index in [1.54, 1.807) is 18.2 Å². The topological polar surface area (TPSA) is 116 Å². The molecule has 170 valence electrons. The van der Waals surface area contributed by atoms with Crippen LogP contribution in [-0.4, -0.2) is 64.8 Å². The summed E-state index contributed by atoms with van der Waals surface area (Å²) in [6.45, 7) is 4.71. The van der Waals surface area contributed by atoms with Crippen LogP contribution in [0.25, 0.3) is 11.3 Å². The lowest BCUT2D eigenvalue weighted by Gasteiger charge is -2.32. The van der Waals surface area contributed by atoms with Gasteiger partial charge in [0.25, 0.3) is 5.91 Å². The van der Waals surface area contributed by atoms with Crippen molar-refractivity contribution in [1.29, 1.82) is 0 Å². The van der Waals surface area contributed by atoms with E-state index in [0.29, 0.717) is 22.8 Å². The largest absolute Gasteiger partial charge is 0.368 e. The van der Waals surface area contributed by atoms with Crippen LogP contribution in [0.4, 0.5) is 23.1 Å². The van der Waals surface area contributed by atoms with Gasteiger partial charge in [-0.25, -0.2) is 4.98 Å². The van der Waals surface area contributed by atoms with Gasteiger partial charge in [-0.15, -0.1) is 0 Å². The first-order valence-electron chi connectivity index (χ1n) is 10.7. The lowest BCUT2D eigenvalue weighted by molar-refractivity contribution is -0.114. The molecule has 0 aliphatic carbocycles. The molecule has 4 N–H and O–H groups in total. The molecule has 4 rings (SSSR count). The Hall–Kier alpha value is -3.98. The Morgan fingerprint density at radius 2 is 1.55 bits per heavy atom. The molecule has 9 heteroatoms. The number of nitrogens with two attached hydrogens (primary N) is 1. The Balaban J connectivity index is 1.48. The first kappa shape index (κ1) is 22.2. The van der Waals surface area contributed by atoms with E-state index < -0.39 is 0 Å². The molecular weight excluding hydrogens is 418 g/mol. The number of anilines is 4. The molecule has 0 unspecified atom stereocenters. The second-order valence-electron chi connectivity index (χ2n) is 8.05. The van der Waals surface area contributed by atoms with Crippen LogP contribution >= 0.6 is 0 Å². The highest BCUT2D eigenvalue weighted by molar-refractivity contribution is 5.94. The van der Waals surface area contributed by atoms with Crippen LogP contribution in [0.2, 0.25) is 0 Å². The van der Waals surface area contributed by atoms with Crippen molar-refractivity contribution in [2.45, 2.75) is 6.92 Å². The van der Waals surface area contributed by atoms with Gasteiger partial charge in [0.15, 0.2) is 0 Å². The third-order valence-electron chi connectivity index (χ3n) is 5.44. The molecule has 0 atom stereocenters. The summed E-state index contributed by atoms with van der Waals surface area (Å²) in [6.07, 6.45) is 0. The molecule has 0 bridgehead atoms. The number of nitrogen functional groups attached to an aromatic ring is 1. The number of nitrogens with zero attached hydrogens (tertiary/aromatic N) is 4. The first-order chi connectivity index (χ1) is 15.9. The Bertz CT molecular complexity index is 1140. The van der Waals surface area contributed by atoms with Crippen molar-refractivity contribution in [2.24, 2.45) is 0 Å². The highest BCUT2D eigenvalue weighted by atomic mass is 16.2. The number of hydrogen-bond donors (Lipinski definition) is 3. The monoisotopic (exact) mass is 445 g/mol. The van der Waals surface area contributed by atoms with Crippen LogP contribution in [0.3, 0.4) is 0 Å². The number of benzene rings is 2. The van der Waals surface area contributed by atoms with E-state index >= 15 is 0 Å². The molecular formula is C24H27N7O2. The van der Waals surface area contributed by atoms with Crippen molar-refractivity contribution in [3.8, 4) is 11.3 Å². The van der Waals surface area contributed by atoms with Gasteiger partial charge in [-0.2, -0.15) is 4.98 Å². The minimum absolute atomic E-state index is 0.0434. The highest BCUT2D eigenvalue weighted by Gasteiger charge is 2.20. The van der Waals surface area contributed by atoms with Gasteiger partial charge in [0.2, 0.25) is 11.9 Å². The van der Waals surface area contributed by atoms with E-state index in [-0.39, 0.29) is 17.8 Å². The Morgan fingerprint density at radius 3 is 2.18 bits per heavy atom. The van der Waals surface area contributed by atoms with Crippen molar-refractivity contribution >= 4 is 35.0 Å². The zero-order valence-electron chi connectivity index (χ0n) is 18.7. The summed E-state index contributed by atoms with van der Waals surface area (Å²) in [4.78, 5) is 36.7. The number of aromatic nitrogens is 2. The molecule has 2 heterocycles. The van der Waals surface area contributed by atoms with Gasteiger partial charge in [-0.3, -0.25) is 9.59 Å². The zero-order chi connectivity index (χ0) is 23.4. The minimum atomic E-state index is -0.125. The molecule has 9 nitrogen and oxygen atoms in total. The van der Waals surface area contributed by atoms with Crippen LogP contribution < -0.4 is 16.4 Å². The summed E-state index contributed by atoms with van der Waals surface area (Å²) in [5, 5.41) is 5.93. The predicted molar refractivity (Wildman–Crippen MR) is 129 cm³/mol. The van der Waals surface area contributed by atoms with Crippen molar-refractivity contribution in [2.75, 3.05) is 49.6 Å². The summed E-state index contributed by atoms with van der Waals surface area (Å²) < 4.78 is 0. The average molecular weight is 446 g/mol.